The average Bonchev–Trinajstić information content (AvgIpc) is 3.13. The normalized spacial score (nSPS) is 16.4. The van der Waals surface area contributed by atoms with Gasteiger partial charge in [-0.15, -0.1) is 0 Å². The lowest BCUT2D eigenvalue weighted by Gasteiger charge is -2.30. The number of aromatic amines is 1. The Morgan fingerprint density at radius 1 is 1.39 bits per heavy atom. The van der Waals surface area contributed by atoms with Gasteiger partial charge in [-0.3, -0.25) is 4.79 Å². The molecule has 1 fully saturated rings. The SMILES string of the molecule is Cc1c[nH]c2ncnc(Oc3ccc(C[C@H](N)C(=O)NC4CCN(C)CC4)cc3F)c12. The van der Waals surface area contributed by atoms with Crippen LogP contribution < -0.4 is 15.8 Å². The number of likely N-dealkylation sites (tertiary alicyclic amines) is 1. The van der Waals surface area contributed by atoms with Crippen molar-refractivity contribution in [2.45, 2.75) is 38.3 Å². The van der Waals surface area contributed by atoms with Crippen LogP contribution in [0, 0.1) is 12.7 Å². The summed E-state index contributed by atoms with van der Waals surface area (Å²) in [6.45, 7) is 3.80. The molecule has 1 atom stereocenters. The average molecular weight is 426 g/mol. The molecule has 0 spiro atoms. The Balaban J connectivity index is 1.40. The molecule has 8 nitrogen and oxygen atoms in total. The third-order valence-electron chi connectivity index (χ3n) is 5.69. The second-order valence-electron chi connectivity index (χ2n) is 8.14. The van der Waals surface area contributed by atoms with E-state index in [1.54, 1.807) is 12.3 Å². The Kier molecular flexibility index (Phi) is 6.15. The highest BCUT2D eigenvalue weighted by Gasteiger charge is 2.22. The van der Waals surface area contributed by atoms with E-state index in [1.807, 2.05) is 6.92 Å². The molecule has 1 aliphatic heterocycles. The first kappa shape index (κ1) is 21.2. The lowest BCUT2D eigenvalue weighted by atomic mass is 10.0. The first-order valence-corrected chi connectivity index (χ1v) is 10.4. The topological polar surface area (TPSA) is 109 Å². The summed E-state index contributed by atoms with van der Waals surface area (Å²) in [7, 11) is 2.07. The van der Waals surface area contributed by atoms with Gasteiger partial charge >= 0.3 is 0 Å². The van der Waals surface area contributed by atoms with Crippen molar-refractivity contribution in [3.63, 3.8) is 0 Å². The zero-order valence-electron chi connectivity index (χ0n) is 17.7. The largest absolute Gasteiger partial charge is 0.435 e. The van der Waals surface area contributed by atoms with Gasteiger partial charge in [0.05, 0.1) is 11.4 Å². The number of amides is 1. The fraction of sp³-hybridized carbons (Fsp3) is 0.409. The van der Waals surface area contributed by atoms with Crippen LogP contribution in [-0.4, -0.2) is 58.0 Å². The van der Waals surface area contributed by atoms with Crippen molar-refractivity contribution in [3.05, 3.63) is 47.7 Å². The van der Waals surface area contributed by atoms with Crippen molar-refractivity contribution in [1.82, 2.24) is 25.2 Å². The number of rotatable bonds is 6. The molecule has 0 aliphatic carbocycles. The van der Waals surface area contributed by atoms with Gasteiger partial charge in [-0.2, -0.15) is 0 Å². The maximum Gasteiger partial charge on any atom is 0.237 e. The van der Waals surface area contributed by atoms with Crippen molar-refractivity contribution in [2.75, 3.05) is 20.1 Å². The molecule has 3 heterocycles. The number of fused-ring (bicyclic) bond motifs is 1. The van der Waals surface area contributed by atoms with Crippen LogP contribution in [0.25, 0.3) is 11.0 Å². The number of piperidine rings is 1. The molecule has 4 rings (SSSR count). The molecule has 3 aromatic rings. The lowest BCUT2D eigenvalue weighted by molar-refractivity contribution is -0.123. The van der Waals surface area contributed by atoms with E-state index >= 15 is 0 Å². The molecule has 1 aromatic carbocycles. The van der Waals surface area contributed by atoms with Crippen molar-refractivity contribution in [2.24, 2.45) is 5.73 Å². The Hall–Kier alpha value is -3.04. The predicted molar refractivity (Wildman–Crippen MR) is 115 cm³/mol. The van der Waals surface area contributed by atoms with Crippen LogP contribution >= 0.6 is 0 Å². The third kappa shape index (κ3) is 4.83. The van der Waals surface area contributed by atoms with E-state index in [4.69, 9.17) is 10.5 Å². The van der Waals surface area contributed by atoms with E-state index in [9.17, 15) is 9.18 Å². The molecule has 164 valence electrons. The number of nitrogens with zero attached hydrogens (tertiary/aromatic N) is 3. The summed E-state index contributed by atoms with van der Waals surface area (Å²) in [5.41, 5.74) is 8.24. The lowest BCUT2D eigenvalue weighted by Crippen LogP contribution is -2.49. The zero-order valence-corrected chi connectivity index (χ0v) is 17.7. The molecule has 0 unspecified atom stereocenters. The number of hydrogen-bond acceptors (Lipinski definition) is 6. The van der Waals surface area contributed by atoms with E-state index < -0.39 is 11.9 Å². The molecule has 0 bridgehead atoms. The van der Waals surface area contributed by atoms with Gasteiger partial charge in [0.15, 0.2) is 11.6 Å². The number of aryl methyl sites for hydroxylation is 1. The number of halogens is 1. The van der Waals surface area contributed by atoms with Crippen LogP contribution in [0.15, 0.2) is 30.7 Å². The third-order valence-corrected chi connectivity index (χ3v) is 5.69. The van der Waals surface area contributed by atoms with Gasteiger partial charge in [-0.25, -0.2) is 14.4 Å². The summed E-state index contributed by atoms with van der Waals surface area (Å²) in [6.07, 6.45) is 5.22. The quantitative estimate of drug-likeness (QED) is 0.558. The number of ether oxygens (including phenoxy) is 1. The molecule has 1 aliphatic rings. The Labute approximate surface area is 180 Å². The zero-order chi connectivity index (χ0) is 22.0. The minimum Gasteiger partial charge on any atom is -0.435 e. The summed E-state index contributed by atoms with van der Waals surface area (Å²) in [5, 5.41) is 3.72. The number of carbonyl (C=O) groups excluding carboxylic acids is 1. The number of benzene rings is 1. The van der Waals surface area contributed by atoms with Gasteiger partial charge in [-0.05, 0) is 69.6 Å². The van der Waals surface area contributed by atoms with E-state index in [2.05, 4.69) is 32.2 Å². The van der Waals surface area contributed by atoms with Gasteiger partial charge in [0.2, 0.25) is 11.8 Å². The minimum atomic E-state index is -0.741. The van der Waals surface area contributed by atoms with Gasteiger partial charge in [0, 0.05) is 12.2 Å². The second kappa shape index (κ2) is 8.99. The summed E-state index contributed by atoms with van der Waals surface area (Å²) in [5.74, 6) is -0.416. The van der Waals surface area contributed by atoms with Crippen LogP contribution in [0.2, 0.25) is 0 Å². The number of hydrogen-bond donors (Lipinski definition) is 3. The molecule has 31 heavy (non-hydrogen) atoms. The monoisotopic (exact) mass is 426 g/mol. The smallest absolute Gasteiger partial charge is 0.237 e. The molecular formula is C22H27FN6O2. The number of aromatic nitrogens is 3. The Morgan fingerprint density at radius 2 is 2.16 bits per heavy atom. The number of carbonyl (C=O) groups is 1. The Bertz CT molecular complexity index is 1080. The van der Waals surface area contributed by atoms with Gasteiger partial charge in [0.25, 0.3) is 0 Å². The van der Waals surface area contributed by atoms with Crippen LogP contribution in [0.5, 0.6) is 11.6 Å². The minimum absolute atomic E-state index is 0.0497. The second-order valence-corrected chi connectivity index (χ2v) is 8.14. The van der Waals surface area contributed by atoms with Crippen molar-refractivity contribution in [3.8, 4) is 11.6 Å². The Morgan fingerprint density at radius 3 is 2.90 bits per heavy atom. The fourth-order valence-corrected chi connectivity index (χ4v) is 3.83. The maximum atomic E-state index is 14.7. The van der Waals surface area contributed by atoms with Gasteiger partial charge < -0.3 is 25.7 Å². The van der Waals surface area contributed by atoms with E-state index in [-0.39, 0.29) is 30.0 Å². The molecule has 9 heteroatoms. The van der Waals surface area contributed by atoms with Gasteiger partial charge in [0.1, 0.15) is 12.0 Å². The fourth-order valence-electron chi connectivity index (χ4n) is 3.83. The summed E-state index contributed by atoms with van der Waals surface area (Å²) >= 11 is 0. The molecule has 0 saturated carbocycles. The van der Waals surface area contributed by atoms with Crippen molar-refractivity contribution < 1.29 is 13.9 Å². The van der Waals surface area contributed by atoms with Crippen LogP contribution in [0.4, 0.5) is 4.39 Å². The van der Waals surface area contributed by atoms with Crippen LogP contribution in [0.3, 0.4) is 0 Å². The first-order valence-electron chi connectivity index (χ1n) is 10.4. The first-order chi connectivity index (χ1) is 14.9. The van der Waals surface area contributed by atoms with Crippen LogP contribution in [-0.2, 0) is 11.2 Å². The number of H-pyrrole nitrogens is 1. The number of nitrogens with two attached hydrogens (primary N) is 1. The summed E-state index contributed by atoms with van der Waals surface area (Å²) in [4.78, 5) is 26.0. The highest BCUT2D eigenvalue weighted by molar-refractivity contribution is 5.84. The highest BCUT2D eigenvalue weighted by Crippen LogP contribution is 2.30. The molecule has 4 N–H and O–H groups in total. The predicted octanol–water partition coefficient (Wildman–Crippen LogP) is 2.28. The molecule has 1 amide bonds. The van der Waals surface area contributed by atoms with Gasteiger partial charge in [-0.1, -0.05) is 6.07 Å². The molecule has 1 saturated heterocycles. The van der Waals surface area contributed by atoms with E-state index in [0.29, 0.717) is 16.6 Å². The van der Waals surface area contributed by atoms with Crippen molar-refractivity contribution >= 4 is 16.9 Å². The standard InChI is InChI=1S/C22H27FN6O2/c1-13-11-25-20-19(13)22(27-12-26-20)31-18-4-3-14(9-16(18)23)10-17(24)21(30)28-15-5-7-29(2)8-6-15/h3-4,9,11-12,15,17H,5-8,10,24H2,1-2H3,(H,28,30)(H,25,26,27)/t17-/m0/s1. The molecular weight excluding hydrogens is 399 g/mol. The highest BCUT2D eigenvalue weighted by atomic mass is 19.1. The maximum absolute atomic E-state index is 14.7. The van der Waals surface area contributed by atoms with Crippen LogP contribution in [0.1, 0.15) is 24.0 Å². The molecule has 2 aromatic heterocycles. The molecule has 0 radical (unpaired) electrons. The number of nitrogens with one attached hydrogen (secondary N) is 2. The van der Waals surface area contributed by atoms with Crippen molar-refractivity contribution in [1.29, 1.82) is 0 Å². The summed E-state index contributed by atoms with van der Waals surface area (Å²) in [6, 6.07) is 3.99. The van der Waals surface area contributed by atoms with E-state index in [0.717, 1.165) is 31.5 Å². The van der Waals surface area contributed by atoms with E-state index in [1.165, 1.54) is 18.5 Å². The summed E-state index contributed by atoms with van der Waals surface area (Å²) < 4.78 is 20.4.